The van der Waals surface area contributed by atoms with Crippen LogP contribution in [0.2, 0.25) is 10.0 Å². The molecule has 162 valence electrons. The van der Waals surface area contributed by atoms with E-state index in [0.717, 1.165) is 5.56 Å². The Labute approximate surface area is 194 Å². The molecule has 10 heteroatoms. The lowest BCUT2D eigenvalue weighted by Crippen LogP contribution is -2.42. The van der Waals surface area contributed by atoms with Gasteiger partial charge in [0.1, 0.15) is 0 Å². The van der Waals surface area contributed by atoms with Crippen molar-refractivity contribution in [3.63, 3.8) is 0 Å². The number of nitrogens with one attached hydrogen (secondary N) is 1. The van der Waals surface area contributed by atoms with Crippen LogP contribution in [0.4, 0.5) is 4.79 Å². The van der Waals surface area contributed by atoms with Crippen LogP contribution in [-0.2, 0) is 11.3 Å². The zero-order chi connectivity index (χ0) is 22.5. The Balaban J connectivity index is 2.04. The highest BCUT2D eigenvalue weighted by molar-refractivity contribution is 8.00. The second kappa shape index (κ2) is 10.2. The number of thioether (sulfide) groups is 1. The molecule has 0 unspecified atom stereocenters. The Bertz CT molecular complexity index is 1090. The van der Waals surface area contributed by atoms with Crippen LogP contribution >= 0.6 is 35.0 Å². The molecule has 0 saturated heterocycles. The summed E-state index contributed by atoms with van der Waals surface area (Å²) in [5.74, 6) is -0.0209. The van der Waals surface area contributed by atoms with Crippen LogP contribution in [0.1, 0.15) is 19.4 Å². The second-order valence-corrected chi connectivity index (χ2v) is 9.09. The van der Waals surface area contributed by atoms with Crippen molar-refractivity contribution in [3.8, 4) is 11.4 Å². The SMILES string of the molecule is CC(C)[C@@H](Sc1nnc(-c2ccc(Cl)cc2Cl)n1Cc1ccccc1)C(=O)NC(N)=O. The van der Waals surface area contributed by atoms with Crippen molar-refractivity contribution < 1.29 is 9.59 Å². The summed E-state index contributed by atoms with van der Waals surface area (Å²) < 4.78 is 1.89. The molecule has 0 bridgehead atoms. The Morgan fingerprint density at radius 1 is 1.13 bits per heavy atom. The summed E-state index contributed by atoms with van der Waals surface area (Å²) in [7, 11) is 0. The van der Waals surface area contributed by atoms with Crippen molar-refractivity contribution in [3.05, 3.63) is 64.1 Å². The molecule has 0 saturated carbocycles. The molecule has 0 fully saturated rings. The number of hydrogen-bond donors (Lipinski definition) is 2. The van der Waals surface area contributed by atoms with Crippen LogP contribution in [0.5, 0.6) is 0 Å². The monoisotopic (exact) mass is 477 g/mol. The molecule has 3 rings (SSSR count). The maximum atomic E-state index is 12.5. The van der Waals surface area contributed by atoms with Crippen LogP contribution in [0.25, 0.3) is 11.4 Å². The van der Waals surface area contributed by atoms with Crippen molar-refractivity contribution in [2.24, 2.45) is 11.7 Å². The first-order chi connectivity index (χ1) is 14.8. The van der Waals surface area contributed by atoms with Gasteiger partial charge in [0.2, 0.25) is 5.91 Å². The summed E-state index contributed by atoms with van der Waals surface area (Å²) in [6.07, 6.45) is 0. The molecule has 3 N–H and O–H groups in total. The minimum atomic E-state index is -0.893. The molecule has 0 aliphatic carbocycles. The van der Waals surface area contributed by atoms with Gasteiger partial charge in [-0.15, -0.1) is 10.2 Å². The van der Waals surface area contributed by atoms with E-state index < -0.39 is 17.2 Å². The third-order valence-corrected chi connectivity index (χ3v) is 6.49. The van der Waals surface area contributed by atoms with E-state index in [-0.39, 0.29) is 5.92 Å². The van der Waals surface area contributed by atoms with Crippen LogP contribution in [0.3, 0.4) is 0 Å². The van der Waals surface area contributed by atoms with Gasteiger partial charge in [-0.25, -0.2) is 4.79 Å². The Morgan fingerprint density at radius 2 is 1.84 bits per heavy atom. The molecular formula is C21H21Cl2N5O2S. The molecule has 0 radical (unpaired) electrons. The van der Waals surface area contributed by atoms with E-state index in [1.54, 1.807) is 18.2 Å². The van der Waals surface area contributed by atoms with Gasteiger partial charge in [-0.2, -0.15) is 0 Å². The number of halogens is 2. The topological polar surface area (TPSA) is 103 Å². The average Bonchev–Trinajstić information content (AvgIpc) is 3.08. The number of imide groups is 1. The number of aromatic nitrogens is 3. The summed E-state index contributed by atoms with van der Waals surface area (Å²) in [4.78, 5) is 23.7. The van der Waals surface area contributed by atoms with Crippen LogP contribution in [0, 0.1) is 5.92 Å². The Kier molecular flexibility index (Phi) is 7.59. The fourth-order valence-electron chi connectivity index (χ4n) is 2.95. The lowest BCUT2D eigenvalue weighted by molar-refractivity contribution is -0.120. The lowest BCUT2D eigenvalue weighted by atomic mass is 10.1. The van der Waals surface area contributed by atoms with Gasteiger partial charge in [0.05, 0.1) is 16.8 Å². The predicted molar refractivity (Wildman–Crippen MR) is 123 cm³/mol. The largest absolute Gasteiger partial charge is 0.351 e. The number of nitrogens with zero attached hydrogens (tertiary/aromatic N) is 3. The number of hydrogen-bond acceptors (Lipinski definition) is 5. The van der Waals surface area contributed by atoms with Crippen molar-refractivity contribution in [2.45, 2.75) is 30.8 Å². The number of benzene rings is 2. The Hall–Kier alpha value is -2.55. The fraction of sp³-hybridized carbons (Fsp3) is 0.238. The number of carbonyl (C=O) groups is 2. The van der Waals surface area contributed by atoms with E-state index in [4.69, 9.17) is 28.9 Å². The standard InChI is InChI=1S/C21H21Cl2N5O2S/c1-12(2)17(19(29)25-20(24)30)31-21-27-26-18(15-9-8-14(22)10-16(15)23)28(21)11-13-6-4-3-5-7-13/h3-10,12,17H,11H2,1-2H3,(H3,24,25,29,30)/t17-/m1/s1. The van der Waals surface area contributed by atoms with Gasteiger partial charge in [0.25, 0.3) is 0 Å². The molecule has 1 atom stereocenters. The summed E-state index contributed by atoms with van der Waals surface area (Å²) in [5, 5.41) is 11.7. The van der Waals surface area contributed by atoms with Crippen LogP contribution < -0.4 is 11.1 Å². The first-order valence-electron chi connectivity index (χ1n) is 9.45. The molecule has 3 aromatic rings. The minimum absolute atomic E-state index is 0.0891. The first kappa shape index (κ1) is 23.1. The highest BCUT2D eigenvalue weighted by Crippen LogP contribution is 2.34. The van der Waals surface area contributed by atoms with E-state index in [1.165, 1.54) is 11.8 Å². The van der Waals surface area contributed by atoms with Gasteiger partial charge in [-0.3, -0.25) is 14.7 Å². The molecule has 31 heavy (non-hydrogen) atoms. The van der Waals surface area contributed by atoms with E-state index in [0.29, 0.717) is 33.1 Å². The zero-order valence-electron chi connectivity index (χ0n) is 16.9. The zero-order valence-corrected chi connectivity index (χ0v) is 19.2. The van der Waals surface area contributed by atoms with Gasteiger partial charge in [0.15, 0.2) is 11.0 Å². The number of urea groups is 1. The molecule has 0 aliphatic rings. The smallest absolute Gasteiger partial charge is 0.318 e. The molecule has 1 aromatic heterocycles. The number of amides is 3. The van der Waals surface area contributed by atoms with E-state index in [2.05, 4.69) is 15.5 Å². The summed E-state index contributed by atoms with van der Waals surface area (Å²) >= 11 is 13.7. The maximum Gasteiger partial charge on any atom is 0.318 e. The fourth-order valence-corrected chi connectivity index (χ4v) is 4.48. The second-order valence-electron chi connectivity index (χ2n) is 7.14. The molecule has 1 heterocycles. The number of primary amides is 1. The predicted octanol–water partition coefficient (Wildman–Crippen LogP) is 4.61. The third-order valence-electron chi connectivity index (χ3n) is 4.42. The summed E-state index contributed by atoms with van der Waals surface area (Å²) in [6, 6.07) is 14.1. The van der Waals surface area contributed by atoms with Crippen molar-refractivity contribution in [1.29, 1.82) is 0 Å². The van der Waals surface area contributed by atoms with E-state index in [1.807, 2.05) is 48.7 Å². The lowest BCUT2D eigenvalue weighted by Gasteiger charge is -2.19. The molecule has 0 aliphatic heterocycles. The molecule has 0 spiro atoms. The minimum Gasteiger partial charge on any atom is -0.351 e. The highest BCUT2D eigenvalue weighted by atomic mass is 35.5. The van der Waals surface area contributed by atoms with Gasteiger partial charge >= 0.3 is 6.03 Å². The third kappa shape index (κ3) is 5.78. The summed E-state index contributed by atoms with van der Waals surface area (Å²) in [6.45, 7) is 4.23. The van der Waals surface area contributed by atoms with Crippen molar-refractivity contribution in [1.82, 2.24) is 20.1 Å². The van der Waals surface area contributed by atoms with Gasteiger partial charge in [-0.1, -0.05) is 79.1 Å². The van der Waals surface area contributed by atoms with Gasteiger partial charge in [0, 0.05) is 10.6 Å². The van der Waals surface area contributed by atoms with Gasteiger partial charge in [-0.05, 0) is 29.7 Å². The van der Waals surface area contributed by atoms with Crippen LogP contribution in [-0.4, -0.2) is 32.0 Å². The van der Waals surface area contributed by atoms with Crippen LogP contribution in [0.15, 0.2) is 53.7 Å². The number of carbonyl (C=O) groups excluding carboxylic acids is 2. The molecular weight excluding hydrogens is 457 g/mol. The maximum absolute atomic E-state index is 12.5. The van der Waals surface area contributed by atoms with Crippen molar-refractivity contribution in [2.75, 3.05) is 0 Å². The normalized spacial score (nSPS) is 12.0. The van der Waals surface area contributed by atoms with E-state index >= 15 is 0 Å². The number of nitrogens with two attached hydrogens (primary N) is 1. The molecule has 3 amide bonds. The molecule has 2 aromatic carbocycles. The quantitative estimate of drug-likeness (QED) is 0.483. The number of rotatable bonds is 7. The van der Waals surface area contributed by atoms with Gasteiger partial charge < -0.3 is 5.73 Å². The van der Waals surface area contributed by atoms with E-state index in [9.17, 15) is 9.59 Å². The highest BCUT2D eigenvalue weighted by Gasteiger charge is 2.28. The van der Waals surface area contributed by atoms with Crippen molar-refractivity contribution >= 4 is 46.9 Å². The first-order valence-corrected chi connectivity index (χ1v) is 11.1. The average molecular weight is 478 g/mol. The Morgan fingerprint density at radius 3 is 2.45 bits per heavy atom. The molecule has 7 nitrogen and oxygen atoms in total. The summed E-state index contributed by atoms with van der Waals surface area (Å²) in [5.41, 5.74) is 6.82.